The molecule has 5 nitrogen and oxygen atoms in total. The van der Waals surface area contributed by atoms with Crippen LogP contribution in [0.3, 0.4) is 0 Å². The van der Waals surface area contributed by atoms with Crippen molar-refractivity contribution in [2.24, 2.45) is 5.73 Å². The van der Waals surface area contributed by atoms with E-state index < -0.39 is 22.7 Å². The van der Waals surface area contributed by atoms with Crippen molar-refractivity contribution in [3.05, 3.63) is 0 Å². The number of primary amides is 1. The molecule has 1 amide bonds. The Kier molecular flexibility index (Phi) is 6.16. The fraction of sp³-hybridized carbons (Fsp3) is 0.667. The summed E-state index contributed by atoms with van der Waals surface area (Å²) >= 11 is 0. The van der Waals surface area contributed by atoms with Crippen LogP contribution in [0.25, 0.3) is 0 Å². The van der Waals surface area contributed by atoms with Crippen molar-refractivity contribution in [1.82, 2.24) is 0 Å². The summed E-state index contributed by atoms with van der Waals surface area (Å²) in [7, 11) is -3.67. The van der Waals surface area contributed by atoms with Gasteiger partial charge in [0.05, 0.1) is 6.26 Å². The Morgan fingerprint density at radius 1 is 1.70 bits per heavy atom. The van der Waals surface area contributed by atoms with E-state index in [1.165, 1.54) is 0 Å². The number of carbonyl (C=O) groups excluding carboxylic acids is 1. The smallest absolute Gasteiger partial charge is 0.261 e. The molecule has 3 N–H and O–H groups in total. The molecule has 0 fully saturated rings. The average molecular weight is 173 g/mol. The molecule has 0 saturated carbocycles. The Balaban J connectivity index is 0. The van der Waals surface area contributed by atoms with Gasteiger partial charge in [0.15, 0.2) is 6.67 Å². The molecule has 10 heavy (non-hydrogen) atoms. The fourth-order valence-corrected chi connectivity index (χ4v) is 0. The molecule has 0 heterocycles. The van der Waals surface area contributed by atoms with Gasteiger partial charge in [-0.15, -0.1) is 0 Å². The molecule has 0 unspecified atom stereocenters. The van der Waals surface area contributed by atoms with E-state index in [0.29, 0.717) is 6.26 Å². The Morgan fingerprint density at radius 3 is 1.80 bits per heavy atom. The van der Waals surface area contributed by atoms with Gasteiger partial charge in [0.2, 0.25) is 5.91 Å². The molecule has 0 aromatic rings. The van der Waals surface area contributed by atoms with E-state index >= 15 is 0 Å². The van der Waals surface area contributed by atoms with Gasteiger partial charge in [0.25, 0.3) is 10.1 Å². The predicted molar refractivity (Wildman–Crippen MR) is 32.6 cm³/mol. The van der Waals surface area contributed by atoms with Crippen LogP contribution in [0.5, 0.6) is 0 Å². The Hall–Kier alpha value is -0.690. The summed E-state index contributed by atoms with van der Waals surface area (Å²) in [5, 5.41) is 0. The van der Waals surface area contributed by atoms with Crippen LogP contribution in [-0.4, -0.2) is 31.8 Å². The number of rotatable bonds is 1. The standard InChI is InChI=1S/C2H4FNO.CH4O3S/c3-1-2(4)5;1-5(2,3)4/h1H2,(H2,4,5);1H3,(H,2,3,4). The lowest BCUT2D eigenvalue weighted by atomic mass is 10.7. The number of halogens is 1. The average Bonchev–Trinajstić information content (AvgIpc) is 1.61. The molecule has 7 heteroatoms. The molecule has 62 valence electrons. The maximum atomic E-state index is 10.6. The molecular weight excluding hydrogens is 165 g/mol. The molecule has 0 aliphatic rings. The molecule has 0 radical (unpaired) electrons. The fourth-order valence-electron chi connectivity index (χ4n) is 0. The highest BCUT2D eigenvalue weighted by Gasteiger charge is 1.82. The molecule has 0 bridgehead atoms. The summed E-state index contributed by atoms with van der Waals surface area (Å²) in [6, 6.07) is 0. The lowest BCUT2D eigenvalue weighted by molar-refractivity contribution is -0.118. The van der Waals surface area contributed by atoms with E-state index in [1.807, 2.05) is 0 Å². The maximum Gasteiger partial charge on any atom is 0.261 e. The second kappa shape index (κ2) is 5.12. The van der Waals surface area contributed by atoms with Crippen molar-refractivity contribution >= 4 is 16.0 Å². The normalized spacial score (nSPS) is 9.50. The van der Waals surface area contributed by atoms with Gasteiger partial charge in [0.1, 0.15) is 0 Å². The quantitative estimate of drug-likeness (QED) is 0.494. The Bertz CT molecular complexity index is 179. The third-order valence-corrected chi connectivity index (χ3v) is 0.132. The highest BCUT2D eigenvalue weighted by atomic mass is 32.2. The lowest BCUT2D eigenvalue weighted by Gasteiger charge is -1.70. The molecule has 0 saturated heterocycles. The summed E-state index contributed by atoms with van der Waals surface area (Å²) in [6.45, 7) is -1.06. The van der Waals surface area contributed by atoms with Gasteiger partial charge >= 0.3 is 0 Å². The first-order valence-corrected chi connectivity index (χ1v) is 3.89. The van der Waals surface area contributed by atoms with Crippen LogP contribution in [0.15, 0.2) is 0 Å². The van der Waals surface area contributed by atoms with E-state index in [2.05, 4.69) is 5.73 Å². The molecule has 0 aliphatic heterocycles. The van der Waals surface area contributed by atoms with Crippen molar-refractivity contribution in [3.8, 4) is 0 Å². The summed E-state index contributed by atoms with van der Waals surface area (Å²) in [5.41, 5.74) is 4.28. The third kappa shape index (κ3) is 170. The highest BCUT2D eigenvalue weighted by Crippen LogP contribution is 1.60. The van der Waals surface area contributed by atoms with E-state index in [9.17, 15) is 17.6 Å². The van der Waals surface area contributed by atoms with Gasteiger partial charge in [-0.2, -0.15) is 8.42 Å². The zero-order valence-corrected chi connectivity index (χ0v) is 6.06. The molecule has 0 aromatic carbocycles. The Labute approximate surface area is 57.8 Å². The largest absolute Gasteiger partial charge is 0.367 e. The number of amides is 1. The molecule has 0 rings (SSSR count). The van der Waals surface area contributed by atoms with Crippen LogP contribution in [0.1, 0.15) is 0 Å². The summed E-state index contributed by atoms with van der Waals surface area (Å²) in [4.78, 5) is 9.22. The number of nitrogens with two attached hydrogens (primary N) is 1. The van der Waals surface area contributed by atoms with Crippen LogP contribution >= 0.6 is 0 Å². The molecule has 0 aromatic heterocycles. The second-order valence-electron chi connectivity index (χ2n) is 1.33. The van der Waals surface area contributed by atoms with Crippen molar-refractivity contribution < 1.29 is 22.2 Å². The van der Waals surface area contributed by atoms with Gasteiger partial charge in [-0.25, -0.2) is 4.39 Å². The second-order valence-corrected chi connectivity index (χ2v) is 2.80. The first kappa shape index (κ1) is 12.0. The first-order valence-electron chi connectivity index (χ1n) is 2.04. The summed E-state index contributed by atoms with van der Waals surface area (Å²) in [6.07, 6.45) is 0.715. The van der Waals surface area contributed by atoms with Crippen LogP contribution < -0.4 is 5.73 Å². The highest BCUT2D eigenvalue weighted by molar-refractivity contribution is 7.85. The molecular formula is C3H8FNO4S. The predicted octanol–water partition coefficient (Wildman–Crippen LogP) is -1.05. The molecule has 0 aliphatic carbocycles. The van der Waals surface area contributed by atoms with E-state index in [-0.39, 0.29) is 0 Å². The number of alkyl halides is 1. The minimum Gasteiger partial charge on any atom is -0.367 e. The first-order chi connectivity index (χ1) is 4.27. The minimum absolute atomic E-state index is 0.715. The molecule has 0 spiro atoms. The van der Waals surface area contributed by atoms with Gasteiger partial charge in [-0.1, -0.05) is 0 Å². The van der Waals surface area contributed by atoms with Crippen molar-refractivity contribution in [2.75, 3.05) is 12.9 Å². The monoisotopic (exact) mass is 173 g/mol. The summed E-state index contributed by atoms with van der Waals surface area (Å²) < 4.78 is 36.5. The van der Waals surface area contributed by atoms with Crippen LogP contribution in [0, 0.1) is 0 Å². The lowest BCUT2D eigenvalue weighted by Crippen LogP contribution is -2.11. The Morgan fingerprint density at radius 2 is 1.80 bits per heavy atom. The number of hydrogen-bond donors (Lipinski definition) is 2. The minimum atomic E-state index is -3.67. The SMILES string of the molecule is CS(=O)(=O)O.NC(=O)CF. The van der Waals surface area contributed by atoms with Crippen LogP contribution in [0.4, 0.5) is 4.39 Å². The van der Waals surface area contributed by atoms with Crippen molar-refractivity contribution in [3.63, 3.8) is 0 Å². The zero-order valence-electron chi connectivity index (χ0n) is 5.24. The maximum absolute atomic E-state index is 10.6. The van der Waals surface area contributed by atoms with Gasteiger partial charge in [0, 0.05) is 0 Å². The van der Waals surface area contributed by atoms with Gasteiger partial charge in [-0.05, 0) is 0 Å². The summed E-state index contributed by atoms with van der Waals surface area (Å²) in [5.74, 6) is -0.912. The molecule has 0 atom stereocenters. The van der Waals surface area contributed by atoms with E-state index in [4.69, 9.17) is 4.55 Å². The van der Waals surface area contributed by atoms with Crippen molar-refractivity contribution in [2.45, 2.75) is 0 Å². The van der Waals surface area contributed by atoms with E-state index in [1.54, 1.807) is 0 Å². The van der Waals surface area contributed by atoms with Gasteiger partial charge in [-0.3, -0.25) is 9.35 Å². The van der Waals surface area contributed by atoms with Gasteiger partial charge < -0.3 is 5.73 Å². The van der Waals surface area contributed by atoms with E-state index in [0.717, 1.165) is 0 Å². The zero-order chi connectivity index (χ0) is 8.78. The van der Waals surface area contributed by atoms with Crippen LogP contribution in [-0.2, 0) is 14.9 Å². The third-order valence-electron chi connectivity index (χ3n) is 0.132. The van der Waals surface area contributed by atoms with Crippen molar-refractivity contribution in [1.29, 1.82) is 0 Å². The van der Waals surface area contributed by atoms with Crippen LogP contribution in [0.2, 0.25) is 0 Å². The topological polar surface area (TPSA) is 97.5 Å². The number of hydrogen-bond acceptors (Lipinski definition) is 3. The number of carbonyl (C=O) groups is 1.